The summed E-state index contributed by atoms with van der Waals surface area (Å²) in [5, 5.41) is 16.9. The summed E-state index contributed by atoms with van der Waals surface area (Å²) in [6.45, 7) is 0.367. The molecule has 0 saturated heterocycles. The number of benzene rings is 1. The molecule has 0 amide bonds. The van der Waals surface area contributed by atoms with Gasteiger partial charge in [0.25, 0.3) is 0 Å². The van der Waals surface area contributed by atoms with Gasteiger partial charge in [-0.05, 0) is 30.3 Å². The molecule has 3 aromatic rings. The van der Waals surface area contributed by atoms with Crippen molar-refractivity contribution in [3.05, 3.63) is 42.7 Å². The van der Waals surface area contributed by atoms with E-state index in [4.69, 9.17) is 5.11 Å². The van der Waals surface area contributed by atoms with Crippen molar-refractivity contribution in [1.82, 2.24) is 14.8 Å². The molecule has 2 N–H and O–H groups in total. The van der Waals surface area contributed by atoms with Crippen molar-refractivity contribution < 1.29 is 23.0 Å². The smallest absolute Gasteiger partial charge is 0.406 e. The first kappa shape index (κ1) is 16.1. The Bertz CT molecular complexity index is 831. The summed E-state index contributed by atoms with van der Waals surface area (Å²) in [5.74, 6) is -0.305. The predicted octanol–water partition coefficient (Wildman–Crippen LogP) is 2.72. The average molecular weight is 338 g/mol. The summed E-state index contributed by atoms with van der Waals surface area (Å²) in [5.41, 5.74) is 1.85. The second-order valence-electron chi connectivity index (χ2n) is 4.84. The molecule has 2 aromatic heterocycles. The zero-order valence-corrected chi connectivity index (χ0v) is 12.3. The number of anilines is 1. The summed E-state index contributed by atoms with van der Waals surface area (Å²) in [6, 6.07) is 7.10. The van der Waals surface area contributed by atoms with Crippen LogP contribution in [0.15, 0.2) is 42.7 Å². The van der Waals surface area contributed by atoms with Gasteiger partial charge in [0, 0.05) is 18.4 Å². The summed E-state index contributed by atoms with van der Waals surface area (Å²) in [4.78, 5) is 4.25. The number of aliphatic hydroxyl groups excluding tert-OH is 1. The van der Waals surface area contributed by atoms with Crippen LogP contribution in [0, 0.1) is 0 Å². The highest BCUT2D eigenvalue weighted by Crippen LogP contribution is 2.26. The molecule has 0 aliphatic rings. The Balaban J connectivity index is 1.92. The molecular weight excluding hydrogens is 325 g/mol. The van der Waals surface area contributed by atoms with E-state index < -0.39 is 6.36 Å². The molecule has 0 unspecified atom stereocenters. The molecule has 0 spiro atoms. The number of nitrogens with zero attached hydrogens (tertiary/aromatic N) is 3. The molecule has 0 saturated carbocycles. The number of aliphatic hydroxyl groups is 1. The molecule has 9 heteroatoms. The largest absolute Gasteiger partial charge is 0.573 e. The van der Waals surface area contributed by atoms with E-state index in [0.717, 1.165) is 11.1 Å². The van der Waals surface area contributed by atoms with E-state index in [9.17, 15) is 13.2 Å². The first-order valence-corrected chi connectivity index (χ1v) is 7.01. The highest BCUT2D eigenvalue weighted by molar-refractivity contribution is 5.89. The fourth-order valence-corrected chi connectivity index (χ4v) is 2.25. The highest BCUT2D eigenvalue weighted by atomic mass is 19.4. The molecule has 6 nitrogen and oxygen atoms in total. The SMILES string of the molecule is OCCNc1ccnc2c1cnn2-c1ccc(OC(F)(F)F)cc1. The standard InChI is InChI=1S/C15H13F3N4O2/c16-15(17,18)24-11-3-1-10(2-4-11)22-14-12(9-21-22)13(5-6-20-14)19-7-8-23/h1-6,9,23H,7-8H2,(H,19,20). The fourth-order valence-electron chi connectivity index (χ4n) is 2.25. The molecule has 3 rings (SSSR count). The summed E-state index contributed by atoms with van der Waals surface area (Å²) in [6.07, 6.45) is -1.54. The number of ether oxygens (including phenoxy) is 1. The molecule has 24 heavy (non-hydrogen) atoms. The number of pyridine rings is 1. The van der Waals surface area contributed by atoms with Crippen LogP contribution in [0.25, 0.3) is 16.7 Å². The van der Waals surface area contributed by atoms with Crippen molar-refractivity contribution in [3.63, 3.8) is 0 Å². The Morgan fingerprint density at radius 1 is 1.17 bits per heavy atom. The maximum Gasteiger partial charge on any atom is 0.573 e. The van der Waals surface area contributed by atoms with Gasteiger partial charge in [-0.2, -0.15) is 5.10 Å². The average Bonchev–Trinajstić information content (AvgIpc) is 2.97. The lowest BCUT2D eigenvalue weighted by Gasteiger charge is -2.10. The van der Waals surface area contributed by atoms with Crippen LogP contribution < -0.4 is 10.1 Å². The van der Waals surface area contributed by atoms with Gasteiger partial charge < -0.3 is 15.2 Å². The molecule has 126 valence electrons. The molecule has 1 aromatic carbocycles. The number of hydrogen-bond acceptors (Lipinski definition) is 5. The lowest BCUT2D eigenvalue weighted by atomic mass is 10.2. The third-order valence-corrected chi connectivity index (χ3v) is 3.21. The number of nitrogens with one attached hydrogen (secondary N) is 1. The highest BCUT2D eigenvalue weighted by Gasteiger charge is 2.31. The van der Waals surface area contributed by atoms with Gasteiger partial charge in [-0.1, -0.05) is 0 Å². The van der Waals surface area contributed by atoms with Crippen LogP contribution in [0.4, 0.5) is 18.9 Å². The Labute approximate surface area is 134 Å². The van der Waals surface area contributed by atoms with E-state index >= 15 is 0 Å². The topological polar surface area (TPSA) is 72.2 Å². The molecule has 0 aliphatic carbocycles. The molecule has 0 atom stereocenters. The number of hydrogen-bond donors (Lipinski definition) is 2. The third-order valence-electron chi connectivity index (χ3n) is 3.21. The normalized spacial score (nSPS) is 11.7. The second kappa shape index (κ2) is 6.36. The van der Waals surface area contributed by atoms with Crippen molar-refractivity contribution in [2.45, 2.75) is 6.36 Å². The van der Waals surface area contributed by atoms with Gasteiger partial charge in [0.15, 0.2) is 5.65 Å². The summed E-state index contributed by atoms with van der Waals surface area (Å²) in [7, 11) is 0. The Kier molecular flexibility index (Phi) is 4.26. The van der Waals surface area contributed by atoms with Crippen molar-refractivity contribution >= 4 is 16.7 Å². The molecule has 0 bridgehead atoms. The molecule has 0 fully saturated rings. The van der Waals surface area contributed by atoms with Crippen LogP contribution in [-0.2, 0) is 0 Å². The minimum Gasteiger partial charge on any atom is -0.406 e. The van der Waals surface area contributed by atoms with Gasteiger partial charge in [0.2, 0.25) is 0 Å². The maximum absolute atomic E-state index is 12.2. The van der Waals surface area contributed by atoms with Crippen LogP contribution in [0.2, 0.25) is 0 Å². The van der Waals surface area contributed by atoms with Crippen LogP contribution in [0.5, 0.6) is 5.75 Å². The van der Waals surface area contributed by atoms with Crippen LogP contribution in [0.3, 0.4) is 0 Å². The lowest BCUT2D eigenvalue weighted by molar-refractivity contribution is -0.274. The van der Waals surface area contributed by atoms with Crippen LogP contribution in [-0.4, -0.2) is 39.4 Å². The quantitative estimate of drug-likeness (QED) is 0.748. The first-order chi connectivity index (χ1) is 11.5. The van der Waals surface area contributed by atoms with Crippen molar-refractivity contribution in [1.29, 1.82) is 0 Å². The summed E-state index contributed by atoms with van der Waals surface area (Å²) >= 11 is 0. The molecule has 0 radical (unpaired) electrons. The monoisotopic (exact) mass is 338 g/mol. The van der Waals surface area contributed by atoms with Gasteiger partial charge in [-0.3, -0.25) is 0 Å². The van der Waals surface area contributed by atoms with E-state index in [1.54, 1.807) is 18.5 Å². The number of aromatic nitrogens is 3. The molecular formula is C15H13F3N4O2. The minimum atomic E-state index is -4.73. The molecule has 2 heterocycles. The first-order valence-electron chi connectivity index (χ1n) is 7.01. The Hall–Kier alpha value is -2.81. The van der Waals surface area contributed by atoms with Gasteiger partial charge in [-0.15, -0.1) is 13.2 Å². The molecule has 0 aliphatic heterocycles. The lowest BCUT2D eigenvalue weighted by Crippen LogP contribution is -2.17. The van der Waals surface area contributed by atoms with Crippen molar-refractivity contribution in [3.8, 4) is 11.4 Å². The number of fused-ring (bicyclic) bond motifs is 1. The van der Waals surface area contributed by atoms with Crippen LogP contribution >= 0.6 is 0 Å². The van der Waals surface area contributed by atoms with Crippen molar-refractivity contribution in [2.75, 3.05) is 18.5 Å². The van der Waals surface area contributed by atoms with E-state index in [1.165, 1.54) is 28.9 Å². The number of alkyl halides is 3. The predicted molar refractivity (Wildman–Crippen MR) is 81.1 cm³/mol. The van der Waals surface area contributed by atoms with E-state index in [1.807, 2.05) is 0 Å². The summed E-state index contributed by atoms with van der Waals surface area (Å²) < 4.78 is 41.9. The van der Waals surface area contributed by atoms with Crippen molar-refractivity contribution in [2.24, 2.45) is 0 Å². The van der Waals surface area contributed by atoms with E-state index in [2.05, 4.69) is 20.1 Å². The zero-order valence-electron chi connectivity index (χ0n) is 12.3. The van der Waals surface area contributed by atoms with Crippen LogP contribution in [0.1, 0.15) is 0 Å². The zero-order chi connectivity index (χ0) is 17.2. The van der Waals surface area contributed by atoms with E-state index in [0.29, 0.717) is 17.9 Å². The number of rotatable bonds is 5. The fraction of sp³-hybridized carbons (Fsp3) is 0.200. The van der Waals surface area contributed by atoms with E-state index in [-0.39, 0.29) is 12.4 Å². The Morgan fingerprint density at radius 2 is 1.92 bits per heavy atom. The van der Waals surface area contributed by atoms with Gasteiger partial charge in [0.1, 0.15) is 5.75 Å². The second-order valence-corrected chi connectivity index (χ2v) is 4.84. The third kappa shape index (κ3) is 3.40. The Morgan fingerprint density at radius 3 is 2.58 bits per heavy atom. The van der Waals surface area contributed by atoms with Gasteiger partial charge >= 0.3 is 6.36 Å². The minimum absolute atomic E-state index is 0.0153. The maximum atomic E-state index is 12.2. The van der Waals surface area contributed by atoms with Gasteiger partial charge in [-0.25, -0.2) is 9.67 Å². The van der Waals surface area contributed by atoms with Gasteiger partial charge in [0.05, 0.1) is 23.9 Å². The number of halogens is 3.